The van der Waals surface area contributed by atoms with E-state index in [9.17, 15) is 9.59 Å². The van der Waals surface area contributed by atoms with Gasteiger partial charge in [0.2, 0.25) is 0 Å². The van der Waals surface area contributed by atoms with Gasteiger partial charge in [0.15, 0.2) is 11.5 Å². The van der Waals surface area contributed by atoms with Crippen LogP contribution in [0, 0.1) is 0 Å². The number of aryl methyl sites for hydroxylation is 1. The molecule has 0 saturated carbocycles. The summed E-state index contributed by atoms with van der Waals surface area (Å²) in [5.74, 6) is 0.558. The zero-order valence-corrected chi connectivity index (χ0v) is 18.2. The number of imide groups is 1. The van der Waals surface area contributed by atoms with Crippen LogP contribution in [0.3, 0.4) is 0 Å². The van der Waals surface area contributed by atoms with E-state index in [1.807, 2.05) is 30.3 Å². The molecule has 0 aliphatic carbocycles. The minimum Gasteiger partial charge on any atom is -0.493 e. The van der Waals surface area contributed by atoms with Crippen molar-refractivity contribution in [1.29, 1.82) is 0 Å². The third-order valence-electron chi connectivity index (χ3n) is 4.46. The molecule has 3 rings (SSSR count). The van der Waals surface area contributed by atoms with Crippen LogP contribution in [0.5, 0.6) is 11.5 Å². The number of ether oxygens (including phenoxy) is 2. The molecule has 0 radical (unpaired) electrons. The Bertz CT molecular complexity index is 975. The summed E-state index contributed by atoms with van der Waals surface area (Å²) in [6.45, 7) is 4.29. The molecule has 0 atom stereocenters. The van der Waals surface area contributed by atoms with E-state index in [1.54, 1.807) is 24.3 Å². The number of nitrogens with zero attached hydrogens (tertiary/aromatic N) is 1. The fraction of sp³-hybridized carbons (Fsp3) is 0.217. The van der Waals surface area contributed by atoms with E-state index in [0.717, 1.165) is 18.2 Å². The maximum atomic E-state index is 12.7. The maximum Gasteiger partial charge on any atom is 0.293 e. The summed E-state index contributed by atoms with van der Waals surface area (Å²) in [6.07, 6.45) is 4.77. The molecule has 30 heavy (non-hydrogen) atoms. The fourth-order valence-electron chi connectivity index (χ4n) is 3.04. The van der Waals surface area contributed by atoms with Crippen molar-refractivity contribution in [2.75, 3.05) is 20.3 Å². The highest BCUT2D eigenvalue weighted by molar-refractivity contribution is 8.18. The Morgan fingerprint density at radius 2 is 1.97 bits per heavy atom. The molecular formula is C23H22ClNO4S. The lowest BCUT2D eigenvalue weighted by molar-refractivity contribution is -0.122. The van der Waals surface area contributed by atoms with Gasteiger partial charge in [-0.2, -0.15) is 0 Å². The van der Waals surface area contributed by atoms with Gasteiger partial charge in [0, 0.05) is 6.54 Å². The molecule has 5 nitrogen and oxygen atoms in total. The first-order valence-corrected chi connectivity index (χ1v) is 10.6. The number of benzene rings is 2. The summed E-state index contributed by atoms with van der Waals surface area (Å²) in [6, 6.07) is 13.4. The molecule has 0 unspecified atom stereocenters. The lowest BCUT2D eigenvalue weighted by atomic mass is 10.1. The third kappa shape index (κ3) is 5.26. The summed E-state index contributed by atoms with van der Waals surface area (Å²) in [7, 11) is 1.51. The Morgan fingerprint density at radius 1 is 1.20 bits per heavy atom. The second-order valence-corrected chi connectivity index (χ2v) is 7.96. The molecule has 2 aromatic carbocycles. The Labute approximate surface area is 185 Å². The van der Waals surface area contributed by atoms with E-state index in [4.69, 9.17) is 21.1 Å². The number of thioether (sulfide) groups is 1. The van der Waals surface area contributed by atoms with Crippen LogP contribution < -0.4 is 9.47 Å². The van der Waals surface area contributed by atoms with Crippen LogP contribution in [0.1, 0.15) is 17.5 Å². The molecule has 1 heterocycles. The number of hydrogen-bond donors (Lipinski definition) is 0. The van der Waals surface area contributed by atoms with E-state index in [-0.39, 0.29) is 17.8 Å². The fourth-order valence-corrected chi connectivity index (χ4v) is 4.17. The number of halogens is 1. The summed E-state index contributed by atoms with van der Waals surface area (Å²) < 4.78 is 10.9. The molecule has 2 amide bonds. The number of methoxy groups -OCH3 is 1. The van der Waals surface area contributed by atoms with Crippen LogP contribution in [0.25, 0.3) is 6.08 Å². The van der Waals surface area contributed by atoms with Crippen molar-refractivity contribution in [3.8, 4) is 11.5 Å². The van der Waals surface area contributed by atoms with Gasteiger partial charge in [-0.1, -0.05) is 54.6 Å². The summed E-state index contributed by atoms with van der Waals surface area (Å²) >= 11 is 7.25. The summed E-state index contributed by atoms with van der Waals surface area (Å²) in [5, 5.41) is 0.0906. The molecule has 1 fully saturated rings. The van der Waals surface area contributed by atoms with Crippen molar-refractivity contribution in [3.05, 3.63) is 76.2 Å². The molecule has 1 aliphatic heterocycles. The molecular weight excluding hydrogens is 422 g/mol. The first-order valence-electron chi connectivity index (χ1n) is 9.44. The molecule has 2 aromatic rings. The highest BCUT2D eigenvalue weighted by Gasteiger charge is 2.34. The second kappa shape index (κ2) is 10.4. The normalized spacial score (nSPS) is 15.0. The smallest absolute Gasteiger partial charge is 0.293 e. The Hall–Kier alpha value is -2.70. The molecule has 1 saturated heterocycles. The van der Waals surface area contributed by atoms with Gasteiger partial charge in [-0.3, -0.25) is 14.5 Å². The second-order valence-electron chi connectivity index (χ2n) is 6.56. The van der Waals surface area contributed by atoms with Crippen LogP contribution in [-0.4, -0.2) is 36.3 Å². The van der Waals surface area contributed by atoms with E-state index in [2.05, 4.69) is 6.58 Å². The highest BCUT2D eigenvalue weighted by Crippen LogP contribution is 2.39. The quantitative estimate of drug-likeness (QED) is 0.374. The van der Waals surface area contributed by atoms with Crippen molar-refractivity contribution < 1.29 is 19.1 Å². The average Bonchev–Trinajstić information content (AvgIpc) is 3.00. The molecule has 0 N–H and O–H groups in total. The van der Waals surface area contributed by atoms with Crippen molar-refractivity contribution >= 4 is 40.6 Å². The zero-order chi connectivity index (χ0) is 21.5. The average molecular weight is 444 g/mol. The Balaban J connectivity index is 1.71. The molecule has 0 spiro atoms. The number of carbonyl (C=O) groups excluding carboxylic acids is 2. The van der Waals surface area contributed by atoms with Crippen molar-refractivity contribution in [2.45, 2.75) is 12.8 Å². The van der Waals surface area contributed by atoms with Crippen LogP contribution >= 0.6 is 23.4 Å². The molecule has 1 aliphatic rings. The summed E-state index contributed by atoms with van der Waals surface area (Å²) in [5.41, 5.74) is 1.83. The van der Waals surface area contributed by atoms with Gasteiger partial charge in [-0.05, 0) is 53.9 Å². The predicted molar refractivity (Wildman–Crippen MR) is 121 cm³/mol. The topological polar surface area (TPSA) is 55.8 Å². The van der Waals surface area contributed by atoms with Crippen molar-refractivity contribution in [2.24, 2.45) is 0 Å². The van der Waals surface area contributed by atoms with Gasteiger partial charge in [-0.25, -0.2) is 0 Å². The monoisotopic (exact) mass is 443 g/mol. The third-order valence-corrected chi connectivity index (χ3v) is 5.65. The maximum absolute atomic E-state index is 12.7. The van der Waals surface area contributed by atoms with Gasteiger partial charge in [-0.15, -0.1) is 0 Å². The van der Waals surface area contributed by atoms with Crippen molar-refractivity contribution in [3.63, 3.8) is 0 Å². The lowest BCUT2D eigenvalue weighted by Crippen LogP contribution is -2.29. The Kier molecular flexibility index (Phi) is 7.60. The molecule has 7 heteroatoms. The van der Waals surface area contributed by atoms with Gasteiger partial charge in [0.1, 0.15) is 6.61 Å². The SMILES string of the molecule is C=CCOc1c(Cl)cc(/C=C2\SC(=O)N(CCCc3ccccc3)C2=O)cc1OC. The minimum atomic E-state index is -0.292. The van der Waals surface area contributed by atoms with Gasteiger partial charge in [0.05, 0.1) is 17.0 Å². The van der Waals surface area contributed by atoms with E-state index >= 15 is 0 Å². The Morgan fingerprint density at radius 3 is 2.67 bits per heavy atom. The first-order chi connectivity index (χ1) is 14.5. The van der Waals surface area contributed by atoms with Crippen LogP contribution in [0.4, 0.5) is 4.79 Å². The first kappa shape index (κ1) is 22.0. The van der Waals surface area contributed by atoms with E-state index in [0.29, 0.717) is 40.0 Å². The number of amides is 2. The minimum absolute atomic E-state index is 0.261. The van der Waals surface area contributed by atoms with Gasteiger partial charge < -0.3 is 9.47 Å². The van der Waals surface area contributed by atoms with E-state index in [1.165, 1.54) is 17.6 Å². The van der Waals surface area contributed by atoms with Crippen LogP contribution in [0.2, 0.25) is 5.02 Å². The standard InChI is InChI=1S/C23H22ClNO4S/c1-3-12-29-21-18(24)13-17(14-19(21)28-2)15-20-22(26)25(23(27)30-20)11-7-10-16-8-5-4-6-9-16/h3-6,8-9,13-15H,1,7,10-12H2,2H3/b20-15-. The highest BCUT2D eigenvalue weighted by atomic mass is 35.5. The largest absolute Gasteiger partial charge is 0.493 e. The van der Waals surface area contributed by atoms with Crippen molar-refractivity contribution in [1.82, 2.24) is 4.90 Å². The molecule has 0 bridgehead atoms. The van der Waals surface area contributed by atoms with E-state index < -0.39 is 0 Å². The predicted octanol–water partition coefficient (Wildman–Crippen LogP) is 5.58. The number of hydrogen-bond acceptors (Lipinski definition) is 5. The molecule has 0 aromatic heterocycles. The number of carbonyl (C=O) groups is 2. The number of rotatable bonds is 9. The zero-order valence-electron chi connectivity index (χ0n) is 16.6. The van der Waals surface area contributed by atoms with Gasteiger partial charge >= 0.3 is 0 Å². The van der Waals surface area contributed by atoms with Crippen LogP contribution in [-0.2, 0) is 11.2 Å². The van der Waals surface area contributed by atoms with Gasteiger partial charge in [0.25, 0.3) is 11.1 Å². The van der Waals surface area contributed by atoms with Crippen LogP contribution in [0.15, 0.2) is 60.0 Å². The lowest BCUT2D eigenvalue weighted by Gasteiger charge is -2.13. The molecule has 156 valence electrons. The summed E-state index contributed by atoms with van der Waals surface area (Å²) in [4.78, 5) is 26.7.